The maximum absolute atomic E-state index is 13.0. The van der Waals surface area contributed by atoms with Crippen molar-refractivity contribution in [3.8, 4) is 11.5 Å². The SMILES string of the molecule is COc1ccc(S(=O)(=O)N2CCC3(CC2)CC(=O)c2cccc(Cl)c2O3)cc1Cl. The van der Waals surface area contributed by atoms with E-state index in [1.165, 1.54) is 29.6 Å². The van der Waals surface area contributed by atoms with Crippen molar-refractivity contribution < 1.29 is 22.7 Å². The van der Waals surface area contributed by atoms with Crippen LogP contribution in [0.3, 0.4) is 0 Å². The Morgan fingerprint density at radius 2 is 1.83 bits per heavy atom. The highest BCUT2D eigenvalue weighted by Gasteiger charge is 2.45. The highest BCUT2D eigenvalue weighted by atomic mass is 35.5. The van der Waals surface area contributed by atoms with Gasteiger partial charge in [-0.3, -0.25) is 4.79 Å². The maximum atomic E-state index is 13.0. The number of rotatable bonds is 3. The van der Waals surface area contributed by atoms with Gasteiger partial charge in [0, 0.05) is 25.9 Å². The van der Waals surface area contributed by atoms with Crippen molar-refractivity contribution in [1.29, 1.82) is 0 Å². The zero-order chi connectivity index (χ0) is 20.8. The Bertz CT molecular complexity index is 1080. The van der Waals surface area contributed by atoms with Crippen LogP contribution in [0.2, 0.25) is 10.0 Å². The monoisotopic (exact) mass is 455 g/mol. The number of carbonyl (C=O) groups is 1. The second-order valence-electron chi connectivity index (χ2n) is 7.20. The van der Waals surface area contributed by atoms with E-state index in [4.69, 9.17) is 32.7 Å². The third kappa shape index (κ3) is 3.61. The van der Waals surface area contributed by atoms with Gasteiger partial charge in [-0.25, -0.2) is 8.42 Å². The highest BCUT2D eigenvalue weighted by molar-refractivity contribution is 7.89. The second-order valence-corrected chi connectivity index (χ2v) is 9.95. The van der Waals surface area contributed by atoms with Gasteiger partial charge in [0.2, 0.25) is 10.0 Å². The molecule has 1 spiro atoms. The van der Waals surface area contributed by atoms with Crippen LogP contribution in [-0.4, -0.2) is 44.3 Å². The molecule has 1 saturated heterocycles. The number of piperidine rings is 1. The molecule has 1 fully saturated rings. The van der Waals surface area contributed by atoms with Crippen molar-refractivity contribution in [3.05, 3.63) is 52.0 Å². The first kappa shape index (κ1) is 20.5. The van der Waals surface area contributed by atoms with E-state index in [1.807, 2.05) is 0 Å². The summed E-state index contributed by atoms with van der Waals surface area (Å²) in [5, 5.41) is 0.618. The van der Waals surface area contributed by atoms with Gasteiger partial charge in [-0.15, -0.1) is 0 Å². The number of hydrogen-bond donors (Lipinski definition) is 0. The van der Waals surface area contributed by atoms with Crippen LogP contribution in [0.1, 0.15) is 29.6 Å². The quantitative estimate of drug-likeness (QED) is 0.693. The van der Waals surface area contributed by atoms with Crippen LogP contribution >= 0.6 is 23.2 Å². The molecule has 0 unspecified atom stereocenters. The van der Waals surface area contributed by atoms with Crippen molar-refractivity contribution in [2.45, 2.75) is 29.8 Å². The minimum absolute atomic E-state index is 0.0352. The number of hydrogen-bond acceptors (Lipinski definition) is 5. The van der Waals surface area contributed by atoms with Crippen LogP contribution in [0.5, 0.6) is 11.5 Å². The van der Waals surface area contributed by atoms with Gasteiger partial charge in [0.1, 0.15) is 17.1 Å². The molecular formula is C20H19Cl2NO5S. The number of nitrogens with zero attached hydrogens (tertiary/aromatic N) is 1. The van der Waals surface area contributed by atoms with E-state index in [9.17, 15) is 13.2 Å². The first-order valence-corrected chi connectivity index (χ1v) is 11.3. The molecule has 29 heavy (non-hydrogen) atoms. The van der Waals surface area contributed by atoms with Crippen molar-refractivity contribution in [1.82, 2.24) is 4.31 Å². The largest absolute Gasteiger partial charge is 0.495 e. The van der Waals surface area contributed by atoms with Gasteiger partial charge < -0.3 is 9.47 Å². The Morgan fingerprint density at radius 1 is 1.10 bits per heavy atom. The number of Topliss-reactive ketones (excluding diaryl/α,β-unsaturated/α-hetero) is 1. The predicted molar refractivity (Wildman–Crippen MR) is 110 cm³/mol. The van der Waals surface area contributed by atoms with Crippen molar-refractivity contribution >= 4 is 39.0 Å². The molecule has 4 rings (SSSR count). The number of methoxy groups -OCH3 is 1. The molecule has 0 amide bonds. The number of benzene rings is 2. The summed E-state index contributed by atoms with van der Waals surface area (Å²) in [4.78, 5) is 12.7. The Balaban J connectivity index is 1.54. The van der Waals surface area contributed by atoms with E-state index in [2.05, 4.69) is 0 Å². The van der Waals surface area contributed by atoms with E-state index in [0.717, 1.165) is 0 Å². The first-order chi connectivity index (χ1) is 13.8. The zero-order valence-electron chi connectivity index (χ0n) is 15.7. The zero-order valence-corrected chi connectivity index (χ0v) is 18.0. The van der Waals surface area contributed by atoms with E-state index in [0.29, 0.717) is 34.9 Å². The molecule has 2 aromatic carbocycles. The molecule has 2 heterocycles. The molecule has 2 aliphatic rings. The molecule has 0 aromatic heterocycles. The van der Waals surface area contributed by atoms with E-state index in [-0.39, 0.29) is 35.2 Å². The van der Waals surface area contributed by atoms with Gasteiger partial charge in [0.15, 0.2) is 5.78 Å². The topological polar surface area (TPSA) is 72.9 Å². The fraction of sp³-hybridized carbons (Fsp3) is 0.350. The Kier molecular flexibility index (Phi) is 5.27. The summed E-state index contributed by atoms with van der Waals surface area (Å²) in [6, 6.07) is 9.49. The number of ketones is 1. The number of halogens is 2. The van der Waals surface area contributed by atoms with Gasteiger partial charge in [0.25, 0.3) is 0 Å². The van der Waals surface area contributed by atoms with Crippen molar-refractivity contribution in [2.24, 2.45) is 0 Å². The average Bonchev–Trinajstić information content (AvgIpc) is 2.69. The Labute approximate surface area is 179 Å². The lowest BCUT2D eigenvalue weighted by molar-refractivity contribution is 0.00598. The molecule has 0 atom stereocenters. The standard InChI is InChI=1S/C20H19Cl2NO5S/c1-27-18-6-5-13(11-16(18)22)29(25,26)23-9-7-20(8-10-23)12-17(24)14-3-2-4-15(21)19(14)28-20/h2-6,11H,7-10,12H2,1H3. The third-order valence-corrected chi connectivity index (χ3v) is 7.95. The number of sulfonamides is 1. The van der Waals surface area contributed by atoms with E-state index in [1.54, 1.807) is 18.2 Å². The summed E-state index contributed by atoms with van der Waals surface area (Å²) < 4.78 is 38.7. The molecule has 0 saturated carbocycles. The smallest absolute Gasteiger partial charge is 0.243 e. The molecule has 0 aliphatic carbocycles. The lowest BCUT2D eigenvalue weighted by Crippen LogP contribution is -2.52. The fourth-order valence-electron chi connectivity index (χ4n) is 3.84. The van der Waals surface area contributed by atoms with E-state index < -0.39 is 15.6 Å². The van der Waals surface area contributed by atoms with Gasteiger partial charge in [-0.2, -0.15) is 4.31 Å². The summed E-state index contributed by atoms with van der Waals surface area (Å²) in [7, 11) is -2.25. The lowest BCUT2D eigenvalue weighted by atomic mass is 9.83. The van der Waals surface area contributed by atoms with Crippen LogP contribution in [0.15, 0.2) is 41.3 Å². The first-order valence-electron chi connectivity index (χ1n) is 9.10. The van der Waals surface area contributed by atoms with Crippen LogP contribution in [-0.2, 0) is 10.0 Å². The summed E-state index contributed by atoms with van der Waals surface area (Å²) in [6.45, 7) is 0.470. The summed E-state index contributed by atoms with van der Waals surface area (Å²) in [6.07, 6.45) is 1.00. The summed E-state index contributed by atoms with van der Waals surface area (Å²) in [5.74, 6) is 0.767. The molecule has 9 heteroatoms. The van der Waals surface area contributed by atoms with Crippen molar-refractivity contribution in [3.63, 3.8) is 0 Å². The molecule has 6 nitrogen and oxygen atoms in total. The third-order valence-electron chi connectivity index (χ3n) is 5.46. The Morgan fingerprint density at radius 3 is 2.48 bits per heavy atom. The molecule has 0 N–H and O–H groups in total. The lowest BCUT2D eigenvalue weighted by Gasteiger charge is -2.43. The van der Waals surface area contributed by atoms with Gasteiger partial charge in [0.05, 0.1) is 34.0 Å². The molecular weight excluding hydrogens is 437 g/mol. The molecule has 154 valence electrons. The number of fused-ring (bicyclic) bond motifs is 1. The summed E-state index contributed by atoms with van der Waals surface area (Å²) >= 11 is 12.3. The Hall–Kier alpha value is -1.80. The van der Waals surface area contributed by atoms with Crippen LogP contribution in [0, 0.1) is 0 Å². The van der Waals surface area contributed by atoms with Crippen molar-refractivity contribution in [2.75, 3.05) is 20.2 Å². The van der Waals surface area contributed by atoms with Gasteiger partial charge >= 0.3 is 0 Å². The number of carbonyl (C=O) groups excluding carboxylic acids is 1. The van der Waals surface area contributed by atoms with Crippen LogP contribution < -0.4 is 9.47 Å². The number of para-hydroxylation sites is 1. The number of ether oxygens (including phenoxy) is 2. The minimum atomic E-state index is -3.72. The van der Waals surface area contributed by atoms with Crippen LogP contribution in [0.4, 0.5) is 0 Å². The van der Waals surface area contributed by atoms with Gasteiger partial charge in [-0.05, 0) is 30.3 Å². The molecule has 0 radical (unpaired) electrons. The predicted octanol–water partition coefficient (Wildman–Crippen LogP) is 4.19. The molecule has 0 bridgehead atoms. The minimum Gasteiger partial charge on any atom is -0.495 e. The normalized spacial score (nSPS) is 18.9. The second kappa shape index (κ2) is 7.47. The highest BCUT2D eigenvalue weighted by Crippen LogP contribution is 2.43. The maximum Gasteiger partial charge on any atom is 0.243 e. The average molecular weight is 456 g/mol. The van der Waals surface area contributed by atoms with Gasteiger partial charge in [-0.1, -0.05) is 29.3 Å². The van der Waals surface area contributed by atoms with E-state index >= 15 is 0 Å². The molecule has 2 aromatic rings. The summed E-state index contributed by atoms with van der Waals surface area (Å²) in [5.41, 5.74) is -0.260. The fourth-order valence-corrected chi connectivity index (χ4v) is 5.85. The van der Waals surface area contributed by atoms with Crippen LogP contribution in [0.25, 0.3) is 0 Å². The molecule has 2 aliphatic heterocycles.